The van der Waals surface area contributed by atoms with Gasteiger partial charge >= 0.3 is 12.1 Å². The lowest BCUT2D eigenvalue weighted by molar-refractivity contribution is 0.0201. The molecule has 138 valence electrons. The molecule has 1 aliphatic heterocycles. The molecule has 0 aromatic heterocycles. The molecule has 0 aliphatic carbocycles. The number of amides is 1. The van der Waals surface area contributed by atoms with E-state index >= 15 is 0 Å². The second kappa shape index (κ2) is 7.33. The third-order valence-corrected chi connectivity index (χ3v) is 4.28. The maximum absolute atomic E-state index is 12.4. The van der Waals surface area contributed by atoms with Crippen LogP contribution in [0.15, 0.2) is 24.3 Å². The minimum Gasteiger partial charge on any atom is -0.478 e. The number of piperazine rings is 1. The number of ether oxygens (including phenoxy) is 1. The molecule has 1 heterocycles. The summed E-state index contributed by atoms with van der Waals surface area (Å²) < 4.78 is 5.48. The van der Waals surface area contributed by atoms with E-state index in [2.05, 4.69) is 18.7 Å². The predicted octanol–water partition coefficient (Wildman–Crippen LogP) is 3.47. The van der Waals surface area contributed by atoms with Crippen molar-refractivity contribution in [2.45, 2.75) is 46.3 Å². The molecule has 1 aromatic rings. The molecule has 1 aromatic carbocycles. The van der Waals surface area contributed by atoms with Gasteiger partial charge in [0.25, 0.3) is 0 Å². The second-order valence-corrected chi connectivity index (χ2v) is 7.75. The van der Waals surface area contributed by atoms with Crippen molar-refractivity contribution in [1.29, 1.82) is 0 Å². The first-order valence-corrected chi connectivity index (χ1v) is 8.67. The molecule has 1 atom stereocenters. The highest BCUT2D eigenvalue weighted by molar-refractivity contribution is 5.94. The number of carbonyl (C=O) groups is 2. The highest BCUT2D eigenvalue weighted by atomic mass is 16.6. The lowest BCUT2D eigenvalue weighted by Gasteiger charge is -2.45. The third-order valence-electron chi connectivity index (χ3n) is 4.28. The molecule has 1 N–H and O–H groups in total. The third kappa shape index (κ3) is 4.65. The Labute approximate surface area is 149 Å². The maximum Gasteiger partial charge on any atom is 0.410 e. The molecule has 0 radical (unpaired) electrons. The van der Waals surface area contributed by atoms with E-state index in [9.17, 15) is 14.7 Å². The van der Waals surface area contributed by atoms with Gasteiger partial charge in [0.2, 0.25) is 0 Å². The Kier molecular flexibility index (Phi) is 5.60. The first kappa shape index (κ1) is 19.1. The fourth-order valence-electron chi connectivity index (χ4n) is 3.08. The molecule has 0 bridgehead atoms. The van der Waals surface area contributed by atoms with Gasteiger partial charge < -0.3 is 19.6 Å². The predicted molar refractivity (Wildman–Crippen MR) is 97.2 cm³/mol. The number of benzene rings is 1. The van der Waals surface area contributed by atoms with E-state index in [0.29, 0.717) is 30.9 Å². The molecular formula is C19H28N2O4. The first-order chi connectivity index (χ1) is 11.6. The van der Waals surface area contributed by atoms with Crippen molar-refractivity contribution in [3.05, 3.63) is 29.8 Å². The van der Waals surface area contributed by atoms with Gasteiger partial charge in [-0.25, -0.2) is 9.59 Å². The number of carboxylic acids is 1. The van der Waals surface area contributed by atoms with Gasteiger partial charge in [-0.15, -0.1) is 0 Å². The molecule has 1 amide bonds. The average molecular weight is 348 g/mol. The normalized spacial score (nSPS) is 18.4. The van der Waals surface area contributed by atoms with Gasteiger partial charge in [0.05, 0.1) is 11.3 Å². The fraction of sp³-hybridized carbons (Fsp3) is 0.579. The van der Waals surface area contributed by atoms with Crippen LogP contribution in [0.5, 0.6) is 0 Å². The zero-order chi connectivity index (χ0) is 18.8. The second-order valence-electron chi connectivity index (χ2n) is 7.75. The van der Waals surface area contributed by atoms with Gasteiger partial charge in [0, 0.05) is 25.7 Å². The van der Waals surface area contributed by atoms with Crippen LogP contribution in [0.3, 0.4) is 0 Å². The Morgan fingerprint density at radius 2 is 1.84 bits per heavy atom. The number of para-hydroxylation sites is 1. The molecule has 2 rings (SSSR count). The van der Waals surface area contributed by atoms with Crippen LogP contribution < -0.4 is 4.90 Å². The van der Waals surface area contributed by atoms with Gasteiger partial charge in [0.1, 0.15) is 5.60 Å². The number of rotatable bonds is 3. The zero-order valence-corrected chi connectivity index (χ0v) is 15.7. The SMILES string of the molecule is CC(C)[C@@H]1CN(C(=O)OC(C)(C)C)CCN1c1ccccc1C(=O)O. The fourth-order valence-corrected chi connectivity index (χ4v) is 3.08. The Morgan fingerprint density at radius 1 is 1.20 bits per heavy atom. The summed E-state index contributed by atoms with van der Waals surface area (Å²) in [6, 6.07) is 7.06. The topological polar surface area (TPSA) is 70.1 Å². The van der Waals surface area contributed by atoms with E-state index in [-0.39, 0.29) is 18.1 Å². The number of nitrogens with zero attached hydrogens (tertiary/aromatic N) is 2. The highest BCUT2D eigenvalue weighted by Crippen LogP contribution is 2.28. The van der Waals surface area contributed by atoms with E-state index in [1.54, 1.807) is 17.0 Å². The van der Waals surface area contributed by atoms with Gasteiger partial charge in [0.15, 0.2) is 0 Å². The number of carbonyl (C=O) groups excluding carboxylic acids is 1. The van der Waals surface area contributed by atoms with Crippen LogP contribution in [0, 0.1) is 5.92 Å². The summed E-state index contributed by atoms with van der Waals surface area (Å²) in [6.07, 6.45) is -0.315. The van der Waals surface area contributed by atoms with Gasteiger partial charge in [-0.3, -0.25) is 0 Å². The van der Waals surface area contributed by atoms with Crippen molar-refractivity contribution >= 4 is 17.7 Å². The lowest BCUT2D eigenvalue weighted by atomic mass is 9.97. The van der Waals surface area contributed by atoms with Crippen LogP contribution in [0.4, 0.5) is 10.5 Å². The van der Waals surface area contributed by atoms with E-state index in [1.807, 2.05) is 32.9 Å². The maximum atomic E-state index is 12.4. The smallest absolute Gasteiger partial charge is 0.410 e. The van der Waals surface area contributed by atoms with Gasteiger partial charge in [-0.1, -0.05) is 26.0 Å². The van der Waals surface area contributed by atoms with Crippen molar-refractivity contribution in [1.82, 2.24) is 4.90 Å². The zero-order valence-electron chi connectivity index (χ0n) is 15.7. The van der Waals surface area contributed by atoms with Crippen LogP contribution in [0.1, 0.15) is 45.0 Å². The minimum absolute atomic E-state index is 0.0294. The average Bonchev–Trinajstić information content (AvgIpc) is 2.52. The molecule has 6 heteroatoms. The summed E-state index contributed by atoms with van der Waals surface area (Å²) in [5.41, 5.74) is 0.466. The number of carboxylic acid groups (broad SMARTS) is 1. The first-order valence-electron chi connectivity index (χ1n) is 8.67. The number of anilines is 1. The largest absolute Gasteiger partial charge is 0.478 e. The number of hydrogen-bond donors (Lipinski definition) is 1. The van der Waals surface area contributed by atoms with Crippen LogP contribution in [0.2, 0.25) is 0 Å². The van der Waals surface area contributed by atoms with E-state index < -0.39 is 11.6 Å². The number of hydrogen-bond acceptors (Lipinski definition) is 4. The molecule has 25 heavy (non-hydrogen) atoms. The van der Waals surface area contributed by atoms with E-state index in [1.165, 1.54) is 0 Å². The van der Waals surface area contributed by atoms with Crippen LogP contribution in [-0.2, 0) is 4.74 Å². The van der Waals surface area contributed by atoms with Crippen LogP contribution in [0.25, 0.3) is 0 Å². The Balaban J connectivity index is 2.24. The molecule has 0 saturated carbocycles. The van der Waals surface area contributed by atoms with Crippen LogP contribution in [-0.4, -0.2) is 53.3 Å². The monoisotopic (exact) mass is 348 g/mol. The van der Waals surface area contributed by atoms with Gasteiger partial charge in [-0.05, 0) is 38.8 Å². The lowest BCUT2D eigenvalue weighted by Crippen LogP contribution is -2.57. The molecular weight excluding hydrogens is 320 g/mol. The molecule has 0 spiro atoms. The molecule has 6 nitrogen and oxygen atoms in total. The summed E-state index contributed by atoms with van der Waals surface area (Å²) in [4.78, 5) is 27.8. The summed E-state index contributed by atoms with van der Waals surface area (Å²) in [6.45, 7) is 11.3. The van der Waals surface area contributed by atoms with Gasteiger partial charge in [-0.2, -0.15) is 0 Å². The van der Waals surface area contributed by atoms with Crippen molar-refractivity contribution in [2.24, 2.45) is 5.92 Å². The van der Waals surface area contributed by atoms with E-state index in [4.69, 9.17) is 4.74 Å². The highest BCUT2D eigenvalue weighted by Gasteiger charge is 2.34. The van der Waals surface area contributed by atoms with Crippen LogP contribution >= 0.6 is 0 Å². The summed E-state index contributed by atoms with van der Waals surface area (Å²) in [5.74, 6) is -0.681. The Hall–Kier alpha value is -2.24. The summed E-state index contributed by atoms with van der Waals surface area (Å²) >= 11 is 0. The number of aromatic carboxylic acids is 1. The van der Waals surface area contributed by atoms with Crippen molar-refractivity contribution in [3.8, 4) is 0 Å². The Morgan fingerprint density at radius 3 is 2.40 bits per heavy atom. The standard InChI is InChI=1S/C19H28N2O4/c1-13(2)16-12-20(18(24)25-19(3,4)5)10-11-21(16)15-9-7-6-8-14(15)17(22)23/h6-9,13,16H,10-12H2,1-5H3,(H,22,23)/t16-/m0/s1. The van der Waals surface area contributed by atoms with E-state index in [0.717, 1.165) is 0 Å². The molecule has 1 fully saturated rings. The summed E-state index contributed by atoms with van der Waals surface area (Å²) in [7, 11) is 0. The quantitative estimate of drug-likeness (QED) is 0.906. The molecule has 1 saturated heterocycles. The van der Waals surface area contributed by atoms with Crippen molar-refractivity contribution in [3.63, 3.8) is 0 Å². The summed E-state index contributed by atoms with van der Waals surface area (Å²) in [5, 5.41) is 9.48. The molecule has 0 unspecified atom stereocenters. The van der Waals surface area contributed by atoms with Crippen molar-refractivity contribution in [2.75, 3.05) is 24.5 Å². The minimum atomic E-state index is -0.937. The molecule has 1 aliphatic rings. The van der Waals surface area contributed by atoms with Crippen molar-refractivity contribution < 1.29 is 19.4 Å². The Bertz CT molecular complexity index is 637.